The van der Waals surface area contributed by atoms with Gasteiger partial charge in [-0.2, -0.15) is 14.9 Å². The Hall–Kier alpha value is -2.73. The van der Waals surface area contributed by atoms with E-state index in [1.807, 2.05) is 54.6 Å². The Morgan fingerprint density at radius 2 is 2.05 bits per heavy atom. The van der Waals surface area contributed by atoms with Gasteiger partial charge in [-0.15, -0.1) is 0 Å². The van der Waals surface area contributed by atoms with Crippen LogP contribution in [0.1, 0.15) is 11.1 Å². The molecule has 22 heavy (non-hydrogen) atoms. The predicted octanol–water partition coefficient (Wildman–Crippen LogP) is 3.40. The average Bonchev–Trinajstić information content (AvgIpc) is 2.98. The van der Waals surface area contributed by atoms with Crippen LogP contribution in [0.3, 0.4) is 0 Å². The molecule has 3 rings (SSSR count). The van der Waals surface area contributed by atoms with Gasteiger partial charge in [-0.3, -0.25) is 5.10 Å². The Morgan fingerprint density at radius 3 is 2.82 bits per heavy atom. The van der Waals surface area contributed by atoms with Crippen molar-refractivity contribution in [3.63, 3.8) is 0 Å². The molecule has 0 bridgehead atoms. The molecule has 1 heterocycles. The van der Waals surface area contributed by atoms with Gasteiger partial charge >= 0.3 is 0 Å². The monoisotopic (exact) mass is 310 g/mol. The highest BCUT2D eigenvalue weighted by molar-refractivity contribution is 7.71. The summed E-state index contributed by atoms with van der Waals surface area (Å²) in [7, 11) is 0. The topological polar surface area (TPSA) is 55.2 Å². The van der Waals surface area contributed by atoms with Crippen molar-refractivity contribution < 1.29 is 4.74 Å². The lowest BCUT2D eigenvalue weighted by molar-refractivity contribution is 0.306. The molecular weight excluding hydrogens is 296 g/mol. The standard InChI is InChI=1S/C16H14N4OS/c22-16-19-17-12-20(16)18-10-14-7-4-8-15(9-14)21-11-13-5-2-1-3-6-13/h1-10,12H,11H2,(H,19,22)/b18-10+. The summed E-state index contributed by atoms with van der Waals surface area (Å²) in [4.78, 5) is 0. The molecule has 0 aliphatic heterocycles. The minimum atomic E-state index is 0.452. The fraction of sp³-hybridized carbons (Fsp3) is 0.0625. The molecule has 0 saturated carbocycles. The molecule has 0 radical (unpaired) electrons. The first-order valence-corrected chi connectivity index (χ1v) is 7.15. The van der Waals surface area contributed by atoms with Crippen molar-refractivity contribution in [1.29, 1.82) is 0 Å². The maximum atomic E-state index is 5.79. The second-order valence-electron chi connectivity index (χ2n) is 4.60. The molecule has 3 aromatic rings. The number of aromatic nitrogens is 3. The van der Waals surface area contributed by atoms with Gasteiger partial charge in [0.15, 0.2) is 0 Å². The highest BCUT2D eigenvalue weighted by Gasteiger charge is 1.97. The van der Waals surface area contributed by atoms with E-state index in [-0.39, 0.29) is 0 Å². The molecule has 0 spiro atoms. The van der Waals surface area contributed by atoms with Gasteiger partial charge in [0.1, 0.15) is 18.7 Å². The lowest BCUT2D eigenvalue weighted by atomic mass is 10.2. The van der Waals surface area contributed by atoms with Gasteiger partial charge < -0.3 is 4.74 Å². The van der Waals surface area contributed by atoms with Crippen LogP contribution in [0.2, 0.25) is 0 Å². The van der Waals surface area contributed by atoms with E-state index in [9.17, 15) is 0 Å². The average molecular weight is 310 g/mol. The van der Waals surface area contributed by atoms with Crippen molar-refractivity contribution in [2.45, 2.75) is 6.61 Å². The van der Waals surface area contributed by atoms with Crippen LogP contribution in [0.25, 0.3) is 0 Å². The minimum absolute atomic E-state index is 0.452. The first kappa shape index (κ1) is 14.2. The predicted molar refractivity (Wildman–Crippen MR) is 87.6 cm³/mol. The van der Waals surface area contributed by atoms with Crippen LogP contribution < -0.4 is 4.74 Å². The Morgan fingerprint density at radius 1 is 1.18 bits per heavy atom. The molecule has 0 aliphatic carbocycles. The molecule has 0 amide bonds. The maximum absolute atomic E-state index is 5.79. The second-order valence-corrected chi connectivity index (χ2v) is 4.98. The minimum Gasteiger partial charge on any atom is -0.489 e. The summed E-state index contributed by atoms with van der Waals surface area (Å²) in [6, 6.07) is 17.8. The van der Waals surface area contributed by atoms with Crippen LogP contribution in [0.4, 0.5) is 0 Å². The number of aromatic amines is 1. The van der Waals surface area contributed by atoms with E-state index >= 15 is 0 Å². The fourth-order valence-electron chi connectivity index (χ4n) is 1.88. The molecule has 0 aliphatic rings. The summed E-state index contributed by atoms with van der Waals surface area (Å²) in [5, 5.41) is 10.7. The van der Waals surface area contributed by atoms with Crippen LogP contribution in [-0.2, 0) is 6.61 Å². The van der Waals surface area contributed by atoms with Crippen LogP contribution in [0.15, 0.2) is 66.0 Å². The highest BCUT2D eigenvalue weighted by Crippen LogP contribution is 2.14. The van der Waals surface area contributed by atoms with Gasteiger partial charge in [-0.25, -0.2) is 0 Å². The largest absolute Gasteiger partial charge is 0.489 e. The number of benzene rings is 2. The van der Waals surface area contributed by atoms with Gasteiger partial charge in [-0.1, -0.05) is 42.5 Å². The molecule has 5 nitrogen and oxygen atoms in total. The van der Waals surface area contributed by atoms with Gasteiger partial charge in [0.25, 0.3) is 0 Å². The Balaban J connectivity index is 1.69. The van der Waals surface area contributed by atoms with Crippen molar-refractivity contribution in [2.24, 2.45) is 5.10 Å². The van der Waals surface area contributed by atoms with Crippen molar-refractivity contribution in [3.05, 3.63) is 76.8 Å². The van der Waals surface area contributed by atoms with E-state index in [0.717, 1.165) is 16.9 Å². The van der Waals surface area contributed by atoms with Gasteiger partial charge in [-0.05, 0) is 35.5 Å². The zero-order valence-corrected chi connectivity index (χ0v) is 12.5. The van der Waals surface area contributed by atoms with Crippen LogP contribution in [0.5, 0.6) is 5.75 Å². The van der Waals surface area contributed by atoms with Gasteiger partial charge in [0.2, 0.25) is 4.77 Å². The van der Waals surface area contributed by atoms with E-state index in [2.05, 4.69) is 15.3 Å². The van der Waals surface area contributed by atoms with Crippen LogP contribution in [-0.4, -0.2) is 21.1 Å². The molecule has 0 unspecified atom stereocenters. The van der Waals surface area contributed by atoms with Crippen molar-refractivity contribution in [3.8, 4) is 5.75 Å². The zero-order chi connectivity index (χ0) is 15.2. The molecule has 1 aromatic heterocycles. The van der Waals surface area contributed by atoms with Crippen LogP contribution >= 0.6 is 12.2 Å². The maximum Gasteiger partial charge on any atom is 0.216 e. The summed E-state index contributed by atoms with van der Waals surface area (Å²) in [5.74, 6) is 0.795. The smallest absolute Gasteiger partial charge is 0.216 e. The molecule has 0 atom stereocenters. The van der Waals surface area contributed by atoms with Crippen molar-refractivity contribution >= 4 is 18.4 Å². The summed E-state index contributed by atoms with van der Waals surface area (Å²) in [6.45, 7) is 0.536. The Labute approximate surface area is 132 Å². The number of rotatable bonds is 5. The van der Waals surface area contributed by atoms with E-state index in [1.165, 1.54) is 11.0 Å². The first-order chi connectivity index (χ1) is 10.8. The van der Waals surface area contributed by atoms with Gasteiger partial charge in [0.05, 0.1) is 6.21 Å². The first-order valence-electron chi connectivity index (χ1n) is 6.74. The molecule has 0 saturated heterocycles. The van der Waals surface area contributed by atoms with E-state index in [0.29, 0.717) is 11.4 Å². The normalized spacial score (nSPS) is 10.9. The van der Waals surface area contributed by atoms with Crippen molar-refractivity contribution in [1.82, 2.24) is 14.9 Å². The van der Waals surface area contributed by atoms with E-state index in [1.54, 1.807) is 6.21 Å². The third-order valence-corrected chi connectivity index (χ3v) is 3.25. The zero-order valence-electron chi connectivity index (χ0n) is 11.7. The molecular formula is C16H14N4OS. The number of hydrogen-bond donors (Lipinski definition) is 1. The lowest BCUT2D eigenvalue weighted by Crippen LogP contribution is -1.96. The second kappa shape index (κ2) is 6.82. The highest BCUT2D eigenvalue weighted by atomic mass is 32.1. The number of hydrogen-bond acceptors (Lipinski definition) is 4. The number of H-pyrrole nitrogens is 1. The van der Waals surface area contributed by atoms with Gasteiger partial charge in [0, 0.05) is 0 Å². The Bertz CT molecular complexity index is 823. The molecule has 6 heteroatoms. The summed E-state index contributed by atoms with van der Waals surface area (Å²) in [5.41, 5.74) is 2.06. The summed E-state index contributed by atoms with van der Waals surface area (Å²) >= 11 is 5.03. The summed E-state index contributed by atoms with van der Waals surface area (Å²) < 4.78 is 7.73. The Kier molecular flexibility index (Phi) is 4.41. The van der Waals surface area contributed by atoms with Crippen LogP contribution in [0, 0.1) is 4.77 Å². The molecule has 1 N–H and O–H groups in total. The third kappa shape index (κ3) is 3.67. The fourth-order valence-corrected chi connectivity index (χ4v) is 2.03. The molecule has 0 fully saturated rings. The quantitative estimate of drug-likeness (QED) is 0.580. The SMILES string of the molecule is S=c1[nH]ncn1/N=C/c1cccc(OCc2ccccc2)c1. The van der Waals surface area contributed by atoms with E-state index in [4.69, 9.17) is 17.0 Å². The van der Waals surface area contributed by atoms with E-state index < -0.39 is 0 Å². The molecule has 2 aromatic carbocycles. The molecule has 110 valence electrons. The number of nitrogens with one attached hydrogen (secondary N) is 1. The number of ether oxygens (including phenoxy) is 1. The number of nitrogens with zero attached hydrogens (tertiary/aromatic N) is 3. The summed E-state index contributed by atoms with van der Waals surface area (Å²) in [6.07, 6.45) is 3.23. The lowest BCUT2D eigenvalue weighted by Gasteiger charge is -2.06. The van der Waals surface area contributed by atoms with Crippen molar-refractivity contribution in [2.75, 3.05) is 0 Å². The third-order valence-electron chi connectivity index (χ3n) is 2.97.